The Morgan fingerprint density at radius 3 is 2.94 bits per heavy atom. The summed E-state index contributed by atoms with van der Waals surface area (Å²) in [5, 5.41) is 1.59. The second-order valence-electron chi connectivity index (χ2n) is 4.60. The normalized spacial score (nSPS) is 14.6. The third kappa shape index (κ3) is 1.99. The first-order valence-electron chi connectivity index (χ1n) is 6.20. The summed E-state index contributed by atoms with van der Waals surface area (Å²) in [6.07, 6.45) is 6.60. The minimum absolute atomic E-state index is 0.790. The fourth-order valence-electron chi connectivity index (χ4n) is 2.60. The van der Waals surface area contributed by atoms with Crippen molar-refractivity contribution in [1.29, 1.82) is 0 Å². The minimum Gasteiger partial charge on any atom is -0.301 e. The maximum absolute atomic E-state index is 6.37. The maximum atomic E-state index is 6.37. The fourth-order valence-corrected chi connectivity index (χ4v) is 3.34. The van der Waals surface area contributed by atoms with Gasteiger partial charge in [-0.15, -0.1) is 0 Å². The quantitative estimate of drug-likeness (QED) is 0.753. The second-order valence-corrected chi connectivity index (χ2v) is 5.56. The van der Waals surface area contributed by atoms with Gasteiger partial charge < -0.3 is 4.57 Å². The molecule has 0 saturated heterocycles. The van der Waals surface area contributed by atoms with E-state index in [9.17, 15) is 0 Å². The van der Waals surface area contributed by atoms with E-state index in [1.165, 1.54) is 29.8 Å². The molecule has 0 amide bonds. The third-order valence-electron chi connectivity index (χ3n) is 3.49. The summed E-state index contributed by atoms with van der Waals surface area (Å²) in [5.74, 6) is 0. The van der Waals surface area contributed by atoms with Gasteiger partial charge in [0.25, 0.3) is 0 Å². The van der Waals surface area contributed by atoms with Gasteiger partial charge in [-0.2, -0.15) is 0 Å². The zero-order chi connectivity index (χ0) is 12.5. The molecule has 94 valence electrons. The average molecular weight is 326 g/mol. The van der Waals surface area contributed by atoms with Gasteiger partial charge in [0.15, 0.2) is 0 Å². The van der Waals surface area contributed by atoms with Crippen molar-refractivity contribution < 1.29 is 0 Å². The number of benzene rings is 1. The molecule has 0 fully saturated rings. The highest BCUT2D eigenvalue weighted by Crippen LogP contribution is 2.30. The van der Waals surface area contributed by atoms with Gasteiger partial charge in [-0.05, 0) is 37.3 Å². The Bertz CT molecular complexity index is 577. The van der Waals surface area contributed by atoms with Gasteiger partial charge in [0.1, 0.15) is 0 Å². The number of aromatic nitrogens is 2. The molecule has 1 aromatic heterocycles. The van der Waals surface area contributed by atoms with E-state index in [2.05, 4.69) is 31.5 Å². The Morgan fingerprint density at radius 1 is 1.28 bits per heavy atom. The summed E-state index contributed by atoms with van der Waals surface area (Å²) in [6.45, 7) is 0. The summed E-state index contributed by atoms with van der Waals surface area (Å²) in [6, 6.07) is 6.04. The number of hydrogen-bond donors (Lipinski definition) is 0. The topological polar surface area (TPSA) is 17.8 Å². The molecule has 0 N–H and O–H groups in total. The molecule has 0 spiro atoms. The van der Waals surface area contributed by atoms with Crippen LogP contribution in [-0.2, 0) is 18.2 Å². The van der Waals surface area contributed by atoms with Crippen LogP contribution in [0.3, 0.4) is 0 Å². The SMILES string of the molecule is Clc1cccc(CBr)c1-n1cnc2c1CCCC2. The lowest BCUT2D eigenvalue weighted by Gasteiger charge is -2.17. The zero-order valence-electron chi connectivity index (χ0n) is 10.00. The van der Waals surface area contributed by atoms with E-state index in [1.807, 2.05) is 18.5 Å². The first kappa shape index (κ1) is 12.2. The van der Waals surface area contributed by atoms with Crippen LogP contribution in [0, 0.1) is 0 Å². The second kappa shape index (κ2) is 5.06. The molecule has 2 aromatic rings. The van der Waals surface area contributed by atoms with Crippen LogP contribution in [0.2, 0.25) is 5.02 Å². The summed E-state index contributed by atoms with van der Waals surface area (Å²) in [5.41, 5.74) is 4.85. The number of para-hydroxylation sites is 1. The first-order valence-corrected chi connectivity index (χ1v) is 7.70. The van der Waals surface area contributed by atoms with E-state index < -0.39 is 0 Å². The van der Waals surface area contributed by atoms with Crippen molar-refractivity contribution in [3.05, 3.63) is 46.5 Å². The molecule has 0 radical (unpaired) electrons. The minimum atomic E-state index is 0.790. The highest BCUT2D eigenvalue weighted by molar-refractivity contribution is 9.08. The summed E-state index contributed by atoms with van der Waals surface area (Å²) >= 11 is 9.90. The largest absolute Gasteiger partial charge is 0.301 e. The molecular weight excluding hydrogens is 312 g/mol. The van der Waals surface area contributed by atoms with Gasteiger partial charge in [0, 0.05) is 11.0 Å². The van der Waals surface area contributed by atoms with Crippen LogP contribution in [0.5, 0.6) is 0 Å². The molecule has 0 saturated carbocycles. The molecule has 2 nitrogen and oxygen atoms in total. The Hall–Kier alpha value is -0.800. The van der Waals surface area contributed by atoms with Gasteiger partial charge in [-0.3, -0.25) is 0 Å². The van der Waals surface area contributed by atoms with E-state index in [0.717, 1.165) is 28.9 Å². The Labute approximate surface area is 120 Å². The average Bonchev–Trinajstić information content (AvgIpc) is 2.82. The van der Waals surface area contributed by atoms with Crippen molar-refractivity contribution in [3.63, 3.8) is 0 Å². The molecular formula is C14H14BrClN2. The van der Waals surface area contributed by atoms with Crippen molar-refractivity contribution in [3.8, 4) is 5.69 Å². The standard InChI is InChI=1S/C14H14BrClN2/c15-8-10-4-3-5-11(16)14(10)18-9-17-12-6-1-2-7-13(12)18/h3-5,9H,1-2,6-8H2. The first-order chi connectivity index (χ1) is 8.81. The van der Waals surface area contributed by atoms with Crippen molar-refractivity contribution in [1.82, 2.24) is 9.55 Å². The molecule has 1 aromatic carbocycles. The van der Waals surface area contributed by atoms with E-state index in [1.54, 1.807) is 0 Å². The zero-order valence-corrected chi connectivity index (χ0v) is 12.3. The lowest BCUT2D eigenvalue weighted by atomic mass is 10.0. The van der Waals surface area contributed by atoms with Gasteiger partial charge in [0.05, 0.1) is 22.7 Å². The van der Waals surface area contributed by atoms with E-state index in [0.29, 0.717) is 0 Å². The number of rotatable bonds is 2. The number of fused-ring (bicyclic) bond motifs is 1. The molecule has 3 rings (SSSR count). The fraction of sp³-hybridized carbons (Fsp3) is 0.357. The summed E-state index contributed by atoms with van der Waals surface area (Å²) in [4.78, 5) is 4.54. The highest BCUT2D eigenvalue weighted by Gasteiger charge is 2.18. The predicted molar refractivity (Wildman–Crippen MR) is 77.8 cm³/mol. The van der Waals surface area contributed by atoms with Gasteiger partial charge in [-0.25, -0.2) is 4.98 Å². The van der Waals surface area contributed by atoms with E-state index in [-0.39, 0.29) is 0 Å². The highest BCUT2D eigenvalue weighted by atomic mass is 79.9. The molecule has 4 heteroatoms. The number of alkyl halides is 1. The van der Waals surface area contributed by atoms with Crippen molar-refractivity contribution in [2.24, 2.45) is 0 Å². The summed E-state index contributed by atoms with van der Waals surface area (Å²) < 4.78 is 2.17. The lowest BCUT2D eigenvalue weighted by molar-refractivity contribution is 0.655. The van der Waals surface area contributed by atoms with Gasteiger partial charge in [-0.1, -0.05) is 39.7 Å². The molecule has 1 heterocycles. The molecule has 1 aliphatic rings. The summed E-state index contributed by atoms with van der Waals surface area (Å²) in [7, 11) is 0. The monoisotopic (exact) mass is 324 g/mol. The molecule has 0 atom stereocenters. The van der Waals surface area contributed by atoms with Crippen LogP contribution in [0.15, 0.2) is 24.5 Å². The number of imidazole rings is 1. The van der Waals surface area contributed by atoms with Gasteiger partial charge in [0.2, 0.25) is 0 Å². The van der Waals surface area contributed by atoms with E-state index in [4.69, 9.17) is 11.6 Å². The van der Waals surface area contributed by atoms with Crippen LogP contribution in [0.4, 0.5) is 0 Å². The van der Waals surface area contributed by atoms with Crippen LogP contribution in [0.1, 0.15) is 29.8 Å². The number of nitrogens with zero attached hydrogens (tertiary/aromatic N) is 2. The number of aryl methyl sites for hydroxylation is 1. The van der Waals surface area contributed by atoms with Crippen molar-refractivity contribution in [2.75, 3.05) is 0 Å². The molecule has 0 bridgehead atoms. The molecule has 1 aliphatic carbocycles. The van der Waals surface area contributed by atoms with Crippen LogP contribution < -0.4 is 0 Å². The van der Waals surface area contributed by atoms with Crippen molar-refractivity contribution >= 4 is 27.5 Å². The Balaban J connectivity index is 2.18. The smallest absolute Gasteiger partial charge is 0.0998 e. The molecule has 0 unspecified atom stereocenters. The Kier molecular flexibility index (Phi) is 3.44. The maximum Gasteiger partial charge on any atom is 0.0998 e. The van der Waals surface area contributed by atoms with Crippen LogP contribution in [-0.4, -0.2) is 9.55 Å². The predicted octanol–water partition coefficient (Wildman–Crippen LogP) is 4.30. The lowest BCUT2D eigenvalue weighted by Crippen LogP contribution is -2.08. The van der Waals surface area contributed by atoms with Crippen LogP contribution in [0.25, 0.3) is 5.69 Å². The molecule has 18 heavy (non-hydrogen) atoms. The Morgan fingerprint density at radius 2 is 2.11 bits per heavy atom. The molecule has 0 aliphatic heterocycles. The van der Waals surface area contributed by atoms with Gasteiger partial charge >= 0.3 is 0 Å². The van der Waals surface area contributed by atoms with Crippen molar-refractivity contribution in [2.45, 2.75) is 31.0 Å². The third-order valence-corrected chi connectivity index (χ3v) is 4.39. The number of halogens is 2. The van der Waals surface area contributed by atoms with Crippen LogP contribution >= 0.6 is 27.5 Å². The number of hydrogen-bond acceptors (Lipinski definition) is 1. The van der Waals surface area contributed by atoms with E-state index >= 15 is 0 Å².